The number of benzene rings is 1. The summed E-state index contributed by atoms with van der Waals surface area (Å²) >= 11 is 0. The topological polar surface area (TPSA) is 110 Å². The van der Waals surface area contributed by atoms with Gasteiger partial charge in [0.1, 0.15) is 6.04 Å². The summed E-state index contributed by atoms with van der Waals surface area (Å²) in [5.74, 6) is -0.203. The third-order valence-electron chi connectivity index (χ3n) is 3.33. The number of amides is 1. The lowest BCUT2D eigenvalue weighted by Gasteiger charge is -2.34. The third kappa shape index (κ3) is 3.34. The van der Waals surface area contributed by atoms with Crippen molar-refractivity contribution in [3.8, 4) is 0 Å². The molecule has 1 aliphatic rings. The van der Waals surface area contributed by atoms with Crippen molar-refractivity contribution >= 4 is 16.1 Å². The van der Waals surface area contributed by atoms with Crippen LogP contribution in [0.15, 0.2) is 30.3 Å². The van der Waals surface area contributed by atoms with Crippen molar-refractivity contribution in [3.05, 3.63) is 35.9 Å². The molecule has 2 rings (SSSR count). The number of rotatable bonds is 3. The summed E-state index contributed by atoms with van der Waals surface area (Å²) in [6.07, 6.45) is 0. The maximum Gasteiger partial charge on any atom is 0.277 e. The minimum atomic E-state index is -3.68. The average molecular weight is 298 g/mol. The first-order chi connectivity index (χ1) is 9.39. The van der Waals surface area contributed by atoms with Gasteiger partial charge in [0.05, 0.1) is 0 Å². The predicted octanol–water partition coefficient (Wildman–Crippen LogP) is -0.966. The number of carbonyl (C=O) groups excluding carboxylic acids is 1. The van der Waals surface area contributed by atoms with Gasteiger partial charge in [-0.05, 0) is 5.56 Å². The molecule has 0 bridgehead atoms. The van der Waals surface area contributed by atoms with E-state index in [9.17, 15) is 13.2 Å². The molecule has 0 unspecified atom stereocenters. The summed E-state index contributed by atoms with van der Waals surface area (Å²) in [6.45, 7) is 1.00. The highest BCUT2D eigenvalue weighted by Gasteiger charge is 2.29. The maximum absolute atomic E-state index is 12.3. The summed E-state index contributed by atoms with van der Waals surface area (Å²) in [5.41, 5.74) is 6.68. The van der Waals surface area contributed by atoms with Gasteiger partial charge < -0.3 is 10.6 Å². The fourth-order valence-corrected chi connectivity index (χ4v) is 2.83. The second kappa shape index (κ2) is 5.88. The number of hydrogen-bond donors (Lipinski definition) is 2. The van der Waals surface area contributed by atoms with Crippen molar-refractivity contribution in [3.63, 3.8) is 0 Å². The molecule has 1 amide bonds. The number of nitrogens with zero attached hydrogens (tertiary/aromatic N) is 2. The van der Waals surface area contributed by atoms with Crippen LogP contribution in [0.2, 0.25) is 0 Å². The Labute approximate surface area is 118 Å². The van der Waals surface area contributed by atoms with Gasteiger partial charge in [-0.3, -0.25) is 4.79 Å². The van der Waals surface area contributed by atoms with Gasteiger partial charge in [0.2, 0.25) is 5.91 Å². The van der Waals surface area contributed by atoms with Gasteiger partial charge in [0.25, 0.3) is 10.2 Å². The first-order valence-corrected chi connectivity index (χ1v) is 7.77. The molecule has 1 aromatic rings. The summed E-state index contributed by atoms with van der Waals surface area (Å²) in [4.78, 5) is 13.8. The minimum Gasteiger partial charge on any atom is -0.338 e. The first kappa shape index (κ1) is 14.9. The number of carbonyl (C=O) groups is 1. The maximum atomic E-state index is 12.3. The fraction of sp³-hybridized carbons (Fsp3) is 0.417. The molecule has 0 aliphatic carbocycles. The Kier molecular flexibility index (Phi) is 4.39. The van der Waals surface area contributed by atoms with Crippen LogP contribution < -0.4 is 10.9 Å². The van der Waals surface area contributed by atoms with E-state index >= 15 is 0 Å². The van der Waals surface area contributed by atoms with Crippen LogP contribution in [0.1, 0.15) is 11.6 Å². The molecule has 7 nitrogen and oxygen atoms in total. The van der Waals surface area contributed by atoms with Crippen LogP contribution >= 0.6 is 0 Å². The molecule has 0 radical (unpaired) electrons. The number of hydrogen-bond acceptors (Lipinski definition) is 4. The van der Waals surface area contributed by atoms with Crippen molar-refractivity contribution in [2.24, 2.45) is 10.9 Å². The first-order valence-electron chi connectivity index (χ1n) is 6.27. The lowest BCUT2D eigenvalue weighted by Crippen LogP contribution is -2.53. The highest BCUT2D eigenvalue weighted by molar-refractivity contribution is 7.86. The monoisotopic (exact) mass is 298 g/mol. The van der Waals surface area contributed by atoms with Crippen LogP contribution in [0.5, 0.6) is 0 Å². The molecule has 8 heteroatoms. The SMILES string of the molecule is N[C@@H](C(=O)N1CCN(S(N)(=O)=O)CC1)c1ccccc1. The Hall–Kier alpha value is -1.48. The fourth-order valence-electron chi connectivity index (χ4n) is 2.16. The molecule has 0 aromatic heterocycles. The van der Waals surface area contributed by atoms with E-state index in [0.29, 0.717) is 13.1 Å². The summed E-state index contributed by atoms with van der Waals surface area (Å²) in [7, 11) is -3.68. The Balaban J connectivity index is 1.99. The van der Waals surface area contributed by atoms with Crippen LogP contribution in [0.3, 0.4) is 0 Å². The Morgan fingerprint density at radius 3 is 2.15 bits per heavy atom. The van der Waals surface area contributed by atoms with E-state index in [2.05, 4.69) is 0 Å². The Morgan fingerprint density at radius 2 is 1.65 bits per heavy atom. The smallest absolute Gasteiger partial charge is 0.277 e. The van der Waals surface area contributed by atoms with Crippen molar-refractivity contribution in [2.75, 3.05) is 26.2 Å². The lowest BCUT2D eigenvalue weighted by atomic mass is 10.1. The standard InChI is InChI=1S/C12H18N4O3S/c13-11(10-4-2-1-3-5-10)12(17)15-6-8-16(9-7-15)20(14,18)19/h1-5,11H,6-9,13H2,(H2,14,18,19)/t11-/m1/s1. The largest absolute Gasteiger partial charge is 0.338 e. The third-order valence-corrected chi connectivity index (χ3v) is 4.42. The van der Waals surface area contributed by atoms with Gasteiger partial charge in [-0.25, -0.2) is 5.14 Å². The highest BCUT2D eigenvalue weighted by Crippen LogP contribution is 2.14. The lowest BCUT2D eigenvalue weighted by molar-refractivity contribution is -0.133. The van der Waals surface area contributed by atoms with Crippen molar-refractivity contribution in [1.29, 1.82) is 0 Å². The normalized spacial score (nSPS) is 18.8. The van der Waals surface area contributed by atoms with Gasteiger partial charge >= 0.3 is 0 Å². The summed E-state index contributed by atoms with van der Waals surface area (Å²) < 4.78 is 23.5. The molecule has 110 valence electrons. The number of piperazine rings is 1. The zero-order valence-corrected chi connectivity index (χ0v) is 11.8. The van der Waals surface area contributed by atoms with Crippen LogP contribution in [-0.2, 0) is 15.0 Å². The summed E-state index contributed by atoms with van der Waals surface area (Å²) in [6, 6.07) is 8.36. The molecule has 1 aromatic carbocycles. The van der Waals surface area contributed by atoms with E-state index in [-0.39, 0.29) is 19.0 Å². The Morgan fingerprint density at radius 1 is 1.10 bits per heavy atom. The second-order valence-electron chi connectivity index (χ2n) is 4.66. The van der Waals surface area contributed by atoms with Gasteiger partial charge in [0, 0.05) is 26.2 Å². The van der Waals surface area contributed by atoms with E-state index in [1.165, 1.54) is 0 Å². The van der Waals surface area contributed by atoms with E-state index in [0.717, 1.165) is 9.87 Å². The van der Waals surface area contributed by atoms with E-state index in [4.69, 9.17) is 10.9 Å². The average Bonchev–Trinajstić information content (AvgIpc) is 2.46. The molecule has 1 aliphatic heterocycles. The van der Waals surface area contributed by atoms with Gasteiger partial charge in [-0.2, -0.15) is 12.7 Å². The van der Waals surface area contributed by atoms with E-state index < -0.39 is 16.3 Å². The molecule has 0 saturated carbocycles. The van der Waals surface area contributed by atoms with Crippen LogP contribution in [-0.4, -0.2) is 49.7 Å². The zero-order chi connectivity index (χ0) is 14.8. The quantitative estimate of drug-likeness (QED) is 0.748. The van der Waals surface area contributed by atoms with Crippen LogP contribution in [0.4, 0.5) is 0 Å². The molecular formula is C12H18N4O3S. The molecule has 1 fully saturated rings. The van der Waals surface area contributed by atoms with Crippen LogP contribution in [0, 0.1) is 0 Å². The van der Waals surface area contributed by atoms with Gasteiger partial charge in [-0.1, -0.05) is 30.3 Å². The van der Waals surface area contributed by atoms with Crippen molar-refractivity contribution in [2.45, 2.75) is 6.04 Å². The molecule has 20 heavy (non-hydrogen) atoms. The van der Waals surface area contributed by atoms with Crippen molar-refractivity contribution in [1.82, 2.24) is 9.21 Å². The van der Waals surface area contributed by atoms with Gasteiger partial charge in [-0.15, -0.1) is 0 Å². The molecule has 1 saturated heterocycles. The second-order valence-corrected chi connectivity index (χ2v) is 6.20. The van der Waals surface area contributed by atoms with E-state index in [1.54, 1.807) is 17.0 Å². The predicted molar refractivity (Wildman–Crippen MR) is 74.6 cm³/mol. The summed E-state index contributed by atoms with van der Waals surface area (Å²) in [5, 5.41) is 5.05. The van der Waals surface area contributed by atoms with Gasteiger partial charge in [0.15, 0.2) is 0 Å². The number of nitrogens with two attached hydrogens (primary N) is 2. The minimum absolute atomic E-state index is 0.200. The zero-order valence-electron chi connectivity index (χ0n) is 11.0. The molecular weight excluding hydrogens is 280 g/mol. The molecule has 0 spiro atoms. The molecule has 4 N–H and O–H groups in total. The Bertz CT molecular complexity index is 568. The highest BCUT2D eigenvalue weighted by atomic mass is 32.2. The molecule has 1 atom stereocenters. The van der Waals surface area contributed by atoms with Crippen molar-refractivity contribution < 1.29 is 13.2 Å². The molecule has 1 heterocycles. The van der Waals surface area contributed by atoms with E-state index in [1.807, 2.05) is 18.2 Å². The van der Waals surface area contributed by atoms with Crippen LogP contribution in [0.25, 0.3) is 0 Å².